The van der Waals surface area contributed by atoms with E-state index in [1.807, 2.05) is 0 Å². The maximum Gasteiger partial charge on any atom is 0.237 e. The maximum absolute atomic E-state index is 12.5. The fraction of sp³-hybridized carbons (Fsp3) is 0.550. The van der Waals surface area contributed by atoms with Gasteiger partial charge in [-0.15, -0.1) is 12.4 Å². The van der Waals surface area contributed by atoms with E-state index in [-0.39, 0.29) is 24.4 Å². The Morgan fingerprint density at radius 1 is 1.28 bits per heavy atom. The normalized spacial score (nSPS) is 25.4. The molecule has 1 saturated heterocycles. The first-order valence-electron chi connectivity index (χ1n) is 9.31. The minimum atomic E-state index is 0. The van der Waals surface area contributed by atoms with Crippen molar-refractivity contribution >= 4 is 29.2 Å². The summed E-state index contributed by atoms with van der Waals surface area (Å²) in [6, 6.07) is 6.91. The Kier molecular flexibility index (Phi) is 5.70. The Hall–Kier alpha value is -1.52. The molecule has 3 unspecified atom stereocenters. The number of nitrogens with one attached hydrogen (secondary N) is 3. The summed E-state index contributed by atoms with van der Waals surface area (Å²) >= 11 is 0. The largest absolute Gasteiger partial charge is 0.361 e. The molecular formula is C20H28ClN3O. The SMILES string of the molecule is Cc1cccc2[nH]cc(CCNC(=O)C3CC4CCCCC4N3)c12.Cl. The summed E-state index contributed by atoms with van der Waals surface area (Å²) in [6.45, 7) is 2.84. The van der Waals surface area contributed by atoms with Gasteiger partial charge in [0, 0.05) is 29.7 Å². The van der Waals surface area contributed by atoms with Crippen molar-refractivity contribution in [3.63, 3.8) is 0 Å². The van der Waals surface area contributed by atoms with Crippen LogP contribution in [0.25, 0.3) is 10.9 Å². The van der Waals surface area contributed by atoms with Crippen LogP contribution in [0.2, 0.25) is 0 Å². The molecule has 25 heavy (non-hydrogen) atoms. The molecule has 5 heteroatoms. The van der Waals surface area contributed by atoms with Gasteiger partial charge in [-0.05, 0) is 55.7 Å². The number of aryl methyl sites for hydroxylation is 1. The number of carbonyl (C=O) groups excluding carboxylic acids is 1. The number of halogens is 1. The maximum atomic E-state index is 12.5. The smallest absolute Gasteiger partial charge is 0.237 e. The van der Waals surface area contributed by atoms with Gasteiger partial charge in [-0.25, -0.2) is 0 Å². The number of aromatic nitrogens is 1. The first kappa shape index (κ1) is 18.3. The van der Waals surface area contributed by atoms with Gasteiger partial charge in [0.15, 0.2) is 0 Å². The number of hydrogen-bond donors (Lipinski definition) is 3. The number of fused-ring (bicyclic) bond motifs is 2. The van der Waals surface area contributed by atoms with Crippen LogP contribution in [0.1, 0.15) is 43.2 Å². The molecule has 3 atom stereocenters. The molecule has 0 bridgehead atoms. The van der Waals surface area contributed by atoms with Crippen LogP contribution >= 0.6 is 12.4 Å². The summed E-state index contributed by atoms with van der Waals surface area (Å²) in [5, 5.41) is 8.00. The lowest BCUT2D eigenvalue weighted by Crippen LogP contribution is -2.43. The van der Waals surface area contributed by atoms with Crippen LogP contribution in [-0.2, 0) is 11.2 Å². The molecule has 3 N–H and O–H groups in total. The van der Waals surface area contributed by atoms with Crippen LogP contribution in [0.4, 0.5) is 0 Å². The number of H-pyrrole nitrogens is 1. The average Bonchev–Trinajstić information content (AvgIpc) is 3.19. The first-order chi connectivity index (χ1) is 11.7. The molecule has 1 saturated carbocycles. The van der Waals surface area contributed by atoms with Crippen molar-refractivity contribution in [3.8, 4) is 0 Å². The lowest BCUT2D eigenvalue weighted by molar-refractivity contribution is -0.122. The molecule has 1 aromatic carbocycles. The van der Waals surface area contributed by atoms with Crippen LogP contribution < -0.4 is 10.6 Å². The molecule has 136 valence electrons. The number of rotatable bonds is 4. The summed E-state index contributed by atoms with van der Waals surface area (Å²) in [7, 11) is 0. The molecule has 0 radical (unpaired) electrons. The molecule has 2 fully saturated rings. The minimum Gasteiger partial charge on any atom is -0.361 e. The highest BCUT2D eigenvalue weighted by atomic mass is 35.5. The predicted molar refractivity (Wildman–Crippen MR) is 104 cm³/mol. The van der Waals surface area contributed by atoms with Crippen LogP contribution in [0.5, 0.6) is 0 Å². The van der Waals surface area contributed by atoms with Gasteiger partial charge in [0.1, 0.15) is 0 Å². The predicted octanol–water partition coefficient (Wildman–Crippen LogP) is 3.48. The molecule has 2 aliphatic rings. The molecular weight excluding hydrogens is 334 g/mol. The van der Waals surface area contributed by atoms with E-state index in [9.17, 15) is 4.79 Å². The average molecular weight is 362 g/mol. The number of amides is 1. The molecule has 4 rings (SSSR count). The molecule has 1 aromatic heterocycles. The highest BCUT2D eigenvalue weighted by Crippen LogP contribution is 2.33. The van der Waals surface area contributed by atoms with E-state index in [0.29, 0.717) is 18.5 Å². The summed E-state index contributed by atoms with van der Waals surface area (Å²) in [5.41, 5.74) is 3.76. The lowest BCUT2D eigenvalue weighted by atomic mass is 9.85. The molecule has 2 heterocycles. The zero-order valence-electron chi connectivity index (χ0n) is 14.8. The fourth-order valence-electron chi connectivity index (χ4n) is 4.61. The molecule has 1 aliphatic carbocycles. The van der Waals surface area contributed by atoms with E-state index in [2.05, 4.69) is 46.9 Å². The van der Waals surface area contributed by atoms with Gasteiger partial charge in [0.05, 0.1) is 6.04 Å². The Morgan fingerprint density at radius 3 is 2.96 bits per heavy atom. The van der Waals surface area contributed by atoms with E-state index < -0.39 is 0 Å². The molecule has 0 spiro atoms. The number of aromatic amines is 1. The van der Waals surface area contributed by atoms with E-state index in [1.165, 1.54) is 47.7 Å². The zero-order valence-corrected chi connectivity index (χ0v) is 15.6. The summed E-state index contributed by atoms with van der Waals surface area (Å²) < 4.78 is 0. The molecule has 1 aliphatic heterocycles. The van der Waals surface area contributed by atoms with Crippen molar-refractivity contribution in [1.82, 2.24) is 15.6 Å². The molecule has 1 amide bonds. The number of carbonyl (C=O) groups is 1. The Labute approximate surface area is 155 Å². The van der Waals surface area contributed by atoms with Gasteiger partial charge < -0.3 is 15.6 Å². The van der Waals surface area contributed by atoms with Crippen molar-refractivity contribution in [2.45, 2.75) is 57.5 Å². The Bertz CT molecular complexity index is 728. The second-order valence-corrected chi connectivity index (χ2v) is 7.46. The highest BCUT2D eigenvalue weighted by molar-refractivity contribution is 5.86. The lowest BCUT2D eigenvalue weighted by Gasteiger charge is -2.24. The van der Waals surface area contributed by atoms with Gasteiger partial charge in [-0.1, -0.05) is 25.0 Å². The third kappa shape index (κ3) is 3.70. The third-order valence-corrected chi connectivity index (χ3v) is 5.87. The molecule has 2 aromatic rings. The zero-order chi connectivity index (χ0) is 16.5. The number of hydrogen-bond acceptors (Lipinski definition) is 2. The van der Waals surface area contributed by atoms with Crippen LogP contribution in [0.15, 0.2) is 24.4 Å². The van der Waals surface area contributed by atoms with Gasteiger partial charge in [0.2, 0.25) is 5.91 Å². The standard InChI is InChI=1S/C20H27N3O.ClH/c1-13-5-4-8-17-19(13)15(12-22-17)9-10-21-20(24)18-11-14-6-2-3-7-16(14)23-18;/h4-5,8,12,14,16,18,22-23H,2-3,6-7,9-11H2,1H3,(H,21,24);1H. The quantitative estimate of drug-likeness (QED) is 0.780. The van der Waals surface area contributed by atoms with Crippen LogP contribution in [-0.4, -0.2) is 29.5 Å². The van der Waals surface area contributed by atoms with E-state index in [4.69, 9.17) is 0 Å². The van der Waals surface area contributed by atoms with Gasteiger partial charge >= 0.3 is 0 Å². The topological polar surface area (TPSA) is 56.9 Å². The van der Waals surface area contributed by atoms with Crippen molar-refractivity contribution in [2.75, 3.05) is 6.54 Å². The van der Waals surface area contributed by atoms with Gasteiger partial charge in [-0.3, -0.25) is 4.79 Å². The fourth-order valence-corrected chi connectivity index (χ4v) is 4.61. The monoisotopic (exact) mass is 361 g/mol. The van der Waals surface area contributed by atoms with Crippen molar-refractivity contribution < 1.29 is 4.79 Å². The summed E-state index contributed by atoms with van der Waals surface area (Å²) in [6.07, 6.45) is 9.13. The van der Waals surface area contributed by atoms with Gasteiger partial charge in [0.25, 0.3) is 0 Å². The first-order valence-corrected chi connectivity index (χ1v) is 9.31. The minimum absolute atomic E-state index is 0. The van der Waals surface area contributed by atoms with E-state index >= 15 is 0 Å². The highest BCUT2D eigenvalue weighted by Gasteiger charge is 2.37. The van der Waals surface area contributed by atoms with Crippen molar-refractivity contribution in [3.05, 3.63) is 35.5 Å². The van der Waals surface area contributed by atoms with E-state index in [1.54, 1.807) is 0 Å². The second-order valence-electron chi connectivity index (χ2n) is 7.46. The Balaban J connectivity index is 0.00000182. The van der Waals surface area contributed by atoms with Crippen LogP contribution in [0.3, 0.4) is 0 Å². The van der Waals surface area contributed by atoms with E-state index in [0.717, 1.165) is 12.8 Å². The third-order valence-electron chi connectivity index (χ3n) is 5.87. The van der Waals surface area contributed by atoms with Crippen LogP contribution in [0, 0.1) is 12.8 Å². The summed E-state index contributed by atoms with van der Waals surface area (Å²) in [5.74, 6) is 0.895. The van der Waals surface area contributed by atoms with Gasteiger partial charge in [-0.2, -0.15) is 0 Å². The van der Waals surface area contributed by atoms with Crippen molar-refractivity contribution in [1.29, 1.82) is 0 Å². The summed E-state index contributed by atoms with van der Waals surface area (Å²) in [4.78, 5) is 15.8. The molecule has 4 nitrogen and oxygen atoms in total. The Morgan fingerprint density at radius 2 is 2.12 bits per heavy atom. The second kappa shape index (κ2) is 7.79. The van der Waals surface area contributed by atoms with Crippen molar-refractivity contribution in [2.24, 2.45) is 5.92 Å². The number of benzene rings is 1.